The largest absolute Gasteiger partial charge is 0.493 e. The Morgan fingerprint density at radius 2 is 1.38 bits per heavy atom. The molecule has 0 aromatic heterocycles. The maximum absolute atomic E-state index is 15.6. The highest BCUT2D eigenvalue weighted by Gasteiger charge is 2.22. The lowest BCUT2D eigenvalue weighted by molar-refractivity contribution is 0.401. The molecule has 0 unspecified atom stereocenters. The predicted octanol–water partition coefficient (Wildman–Crippen LogP) is 7.62. The van der Waals surface area contributed by atoms with E-state index in [0.29, 0.717) is 26.9 Å². The van der Waals surface area contributed by atoms with Gasteiger partial charge in [-0.3, -0.25) is 0 Å². The van der Waals surface area contributed by atoms with E-state index in [1.807, 2.05) is 66.7 Å². The first-order chi connectivity index (χ1) is 16.6. The highest BCUT2D eigenvalue weighted by Crippen LogP contribution is 2.49. The van der Waals surface area contributed by atoms with E-state index < -0.39 is 5.82 Å². The number of benzene rings is 4. The van der Waals surface area contributed by atoms with Gasteiger partial charge in [0.1, 0.15) is 18.0 Å². The number of methoxy groups -OCH3 is 1. The second-order valence-electron chi connectivity index (χ2n) is 7.00. The molecule has 4 nitrogen and oxygen atoms in total. The molecule has 0 saturated carbocycles. The third-order valence-electron chi connectivity index (χ3n) is 4.84. The van der Waals surface area contributed by atoms with Gasteiger partial charge in [-0.25, -0.2) is 4.39 Å². The Hall–Kier alpha value is -3.91. The van der Waals surface area contributed by atoms with Crippen molar-refractivity contribution >= 4 is 34.9 Å². The van der Waals surface area contributed by atoms with Crippen LogP contribution in [0, 0.1) is 28.5 Å². The van der Waals surface area contributed by atoms with E-state index >= 15 is 4.39 Å². The van der Waals surface area contributed by atoms with Crippen molar-refractivity contribution < 1.29 is 9.13 Å². The van der Waals surface area contributed by atoms with Crippen LogP contribution in [-0.4, -0.2) is 7.11 Å². The second kappa shape index (κ2) is 10.8. The van der Waals surface area contributed by atoms with E-state index in [4.69, 9.17) is 4.74 Å². The molecule has 0 spiro atoms. The molecule has 0 heterocycles. The van der Waals surface area contributed by atoms with Crippen molar-refractivity contribution in [3.05, 3.63) is 102 Å². The minimum Gasteiger partial charge on any atom is -0.493 e. The summed E-state index contributed by atoms with van der Waals surface area (Å²) in [6.07, 6.45) is 0. The highest BCUT2D eigenvalue weighted by atomic mass is 32.2. The Bertz CT molecular complexity index is 1400. The number of nitrogens with zero attached hydrogens (tertiary/aromatic N) is 2. The Balaban J connectivity index is 1.86. The normalized spacial score (nSPS) is 10.2. The van der Waals surface area contributed by atoms with Gasteiger partial charge >= 0.3 is 0 Å². The average Bonchev–Trinajstić information content (AvgIpc) is 2.87. The zero-order valence-electron chi connectivity index (χ0n) is 18.1. The molecule has 4 rings (SSSR count). The lowest BCUT2D eigenvalue weighted by Crippen LogP contribution is -2.02. The third kappa shape index (κ3) is 5.02. The van der Waals surface area contributed by atoms with Crippen LogP contribution in [0.4, 0.5) is 15.8 Å². The zero-order chi connectivity index (χ0) is 23.9. The van der Waals surface area contributed by atoms with E-state index in [1.165, 1.54) is 36.7 Å². The molecule has 0 fully saturated rings. The summed E-state index contributed by atoms with van der Waals surface area (Å²) in [5.41, 5.74) is 1.19. The van der Waals surface area contributed by atoms with Gasteiger partial charge in [0, 0.05) is 15.9 Å². The van der Waals surface area contributed by atoms with E-state index in [-0.39, 0.29) is 11.1 Å². The third-order valence-corrected chi connectivity index (χ3v) is 7.18. The molecule has 166 valence electrons. The van der Waals surface area contributed by atoms with Gasteiger partial charge in [0.2, 0.25) is 0 Å². The van der Waals surface area contributed by atoms with Gasteiger partial charge in [-0.2, -0.15) is 10.5 Å². The van der Waals surface area contributed by atoms with Crippen LogP contribution in [0.15, 0.2) is 105 Å². The van der Waals surface area contributed by atoms with Crippen LogP contribution in [0.25, 0.3) is 0 Å². The first kappa shape index (κ1) is 23.3. The molecule has 0 saturated heterocycles. The van der Waals surface area contributed by atoms with Crippen molar-refractivity contribution in [2.75, 3.05) is 12.4 Å². The standard InChI is InChI=1S/C27H18FN3OS2/c1-32-25-24(31-23-14-8-9-18(16-29)21(23)17-30)15-22(28)26(33-19-10-4-2-5-11-19)27(25)34-20-12-6-3-7-13-20/h2-15,31H,1H3. The summed E-state index contributed by atoms with van der Waals surface area (Å²) < 4.78 is 21.4. The molecule has 0 atom stereocenters. The Labute approximate surface area is 206 Å². The number of anilines is 2. The summed E-state index contributed by atoms with van der Waals surface area (Å²) in [5.74, 6) is 0.0189. The van der Waals surface area contributed by atoms with Crippen LogP contribution >= 0.6 is 23.5 Å². The second-order valence-corrected chi connectivity index (χ2v) is 9.17. The van der Waals surface area contributed by atoms with E-state index in [1.54, 1.807) is 18.2 Å². The van der Waals surface area contributed by atoms with Gasteiger partial charge in [-0.1, -0.05) is 66.0 Å². The Morgan fingerprint density at radius 3 is 1.94 bits per heavy atom. The molecule has 0 aliphatic heterocycles. The summed E-state index contributed by atoms with van der Waals surface area (Å²) in [4.78, 5) is 2.87. The molecular weight excluding hydrogens is 465 g/mol. The SMILES string of the molecule is COc1c(Nc2cccc(C#N)c2C#N)cc(F)c(Sc2ccccc2)c1Sc1ccccc1. The number of nitrogens with one attached hydrogen (secondary N) is 1. The Kier molecular flexibility index (Phi) is 7.39. The lowest BCUT2D eigenvalue weighted by Gasteiger charge is -2.19. The topological polar surface area (TPSA) is 68.8 Å². The van der Waals surface area contributed by atoms with Crippen molar-refractivity contribution in [1.29, 1.82) is 10.5 Å². The molecule has 34 heavy (non-hydrogen) atoms. The van der Waals surface area contributed by atoms with Gasteiger partial charge in [0.25, 0.3) is 0 Å². The Morgan fingerprint density at radius 1 is 0.765 bits per heavy atom. The minimum atomic E-state index is -0.425. The number of hydrogen-bond donors (Lipinski definition) is 1. The number of halogens is 1. The number of nitriles is 2. The predicted molar refractivity (Wildman–Crippen MR) is 133 cm³/mol. The van der Waals surface area contributed by atoms with E-state index in [2.05, 4.69) is 11.4 Å². The van der Waals surface area contributed by atoms with Crippen LogP contribution in [0.3, 0.4) is 0 Å². The maximum Gasteiger partial charge on any atom is 0.157 e. The molecule has 0 amide bonds. The molecule has 1 N–H and O–H groups in total. The van der Waals surface area contributed by atoms with Crippen molar-refractivity contribution in [3.8, 4) is 17.9 Å². The van der Waals surface area contributed by atoms with Crippen molar-refractivity contribution in [2.24, 2.45) is 0 Å². The van der Waals surface area contributed by atoms with Crippen LogP contribution in [0.1, 0.15) is 11.1 Å². The maximum atomic E-state index is 15.6. The van der Waals surface area contributed by atoms with E-state index in [0.717, 1.165) is 9.79 Å². The fraction of sp³-hybridized carbons (Fsp3) is 0.0370. The monoisotopic (exact) mass is 483 g/mol. The number of rotatable bonds is 7. The fourth-order valence-electron chi connectivity index (χ4n) is 3.30. The van der Waals surface area contributed by atoms with Crippen LogP contribution < -0.4 is 10.1 Å². The molecular formula is C27H18FN3OS2. The van der Waals surface area contributed by atoms with Gasteiger partial charge in [-0.05, 0) is 36.4 Å². The van der Waals surface area contributed by atoms with Gasteiger partial charge in [-0.15, -0.1) is 0 Å². The summed E-state index contributed by atoms with van der Waals surface area (Å²) in [6.45, 7) is 0. The van der Waals surface area contributed by atoms with E-state index in [9.17, 15) is 10.5 Å². The van der Waals surface area contributed by atoms with Gasteiger partial charge in [0.15, 0.2) is 5.75 Å². The molecule has 0 radical (unpaired) electrons. The fourth-order valence-corrected chi connectivity index (χ4v) is 5.43. The van der Waals surface area contributed by atoms with Gasteiger partial charge in [0.05, 0.1) is 39.4 Å². The molecule has 4 aromatic rings. The summed E-state index contributed by atoms with van der Waals surface area (Å²) in [5, 5.41) is 22.1. The molecule has 4 aromatic carbocycles. The van der Waals surface area contributed by atoms with Crippen molar-refractivity contribution in [1.82, 2.24) is 0 Å². The van der Waals surface area contributed by atoms with Crippen LogP contribution in [0.2, 0.25) is 0 Å². The van der Waals surface area contributed by atoms with Crippen molar-refractivity contribution in [3.63, 3.8) is 0 Å². The lowest BCUT2D eigenvalue weighted by atomic mass is 10.1. The smallest absolute Gasteiger partial charge is 0.157 e. The van der Waals surface area contributed by atoms with Crippen LogP contribution in [0.5, 0.6) is 5.75 Å². The first-order valence-electron chi connectivity index (χ1n) is 10.2. The zero-order valence-corrected chi connectivity index (χ0v) is 19.7. The average molecular weight is 484 g/mol. The first-order valence-corrected chi connectivity index (χ1v) is 11.8. The quantitative estimate of drug-likeness (QED) is 0.291. The molecule has 0 bridgehead atoms. The van der Waals surface area contributed by atoms with Crippen LogP contribution in [-0.2, 0) is 0 Å². The number of hydrogen-bond acceptors (Lipinski definition) is 6. The minimum absolute atomic E-state index is 0.187. The van der Waals surface area contributed by atoms with Crippen molar-refractivity contribution in [2.45, 2.75) is 19.6 Å². The molecule has 0 aliphatic carbocycles. The summed E-state index contributed by atoms with van der Waals surface area (Å²) >= 11 is 2.72. The summed E-state index contributed by atoms with van der Waals surface area (Å²) in [6, 6.07) is 29.6. The number of ether oxygens (including phenoxy) is 1. The molecule has 0 aliphatic rings. The van der Waals surface area contributed by atoms with Gasteiger partial charge < -0.3 is 10.1 Å². The molecule has 7 heteroatoms. The summed E-state index contributed by atoms with van der Waals surface area (Å²) in [7, 11) is 1.53. The highest BCUT2D eigenvalue weighted by molar-refractivity contribution is 8.02.